The molecule has 0 aliphatic carbocycles. The van der Waals surface area contributed by atoms with Crippen LogP contribution in [0.3, 0.4) is 0 Å². The highest BCUT2D eigenvalue weighted by molar-refractivity contribution is 5.84. The fourth-order valence-corrected chi connectivity index (χ4v) is 2.51. The maximum absolute atomic E-state index is 13.4. The Morgan fingerprint density at radius 3 is 2.56 bits per heavy atom. The zero-order valence-electron chi connectivity index (χ0n) is 11.0. The van der Waals surface area contributed by atoms with E-state index < -0.39 is 17.2 Å². The van der Waals surface area contributed by atoms with Crippen LogP contribution >= 0.6 is 0 Å². The number of rotatable bonds is 5. The Morgan fingerprint density at radius 2 is 2.11 bits per heavy atom. The van der Waals surface area contributed by atoms with Gasteiger partial charge in [0.15, 0.2) is 0 Å². The summed E-state index contributed by atoms with van der Waals surface area (Å²) in [4.78, 5) is 11.7. The van der Waals surface area contributed by atoms with Gasteiger partial charge >= 0.3 is 5.97 Å². The molecule has 0 spiro atoms. The van der Waals surface area contributed by atoms with Gasteiger partial charge in [-0.3, -0.25) is 4.79 Å². The topological polar surface area (TPSA) is 63.3 Å². The number of benzene rings is 1. The van der Waals surface area contributed by atoms with E-state index in [4.69, 9.17) is 5.73 Å². The van der Waals surface area contributed by atoms with Gasteiger partial charge in [-0.05, 0) is 36.1 Å². The summed E-state index contributed by atoms with van der Waals surface area (Å²) in [7, 11) is 0. The van der Waals surface area contributed by atoms with Crippen molar-refractivity contribution >= 4 is 11.7 Å². The number of nitrogen functional groups attached to an aromatic ring is 1. The van der Waals surface area contributed by atoms with E-state index in [-0.39, 0.29) is 5.92 Å². The monoisotopic (exact) mass is 253 g/mol. The number of carbonyl (C=O) groups is 1. The van der Waals surface area contributed by atoms with Crippen molar-refractivity contribution in [1.29, 1.82) is 0 Å². The average molecular weight is 253 g/mol. The molecule has 0 saturated carbocycles. The Labute approximate surface area is 107 Å². The van der Waals surface area contributed by atoms with Crippen LogP contribution in [0.15, 0.2) is 18.2 Å². The fraction of sp³-hybridized carbons (Fsp3) is 0.500. The lowest BCUT2D eigenvalue weighted by molar-refractivity contribution is -0.146. The Balaban J connectivity index is 3.50. The van der Waals surface area contributed by atoms with E-state index in [2.05, 4.69) is 0 Å². The second-order valence-electron chi connectivity index (χ2n) is 4.91. The van der Waals surface area contributed by atoms with Crippen molar-refractivity contribution in [3.63, 3.8) is 0 Å². The van der Waals surface area contributed by atoms with Gasteiger partial charge in [0.2, 0.25) is 0 Å². The van der Waals surface area contributed by atoms with Crippen molar-refractivity contribution in [2.75, 3.05) is 5.73 Å². The van der Waals surface area contributed by atoms with Gasteiger partial charge < -0.3 is 10.8 Å². The minimum Gasteiger partial charge on any atom is -0.481 e. The molecule has 0 fully saturated rings. The number of hydrogen-bond acceptors (Lipinski definition) is 2. The normalized spacial score (nSPS) is 14.5. The molecule has 100 valence electrons. The van der Waals surface area contributed by atoms with Crippen LogP contribution in [-0.4, -0.2) is 11.1 Å². The third-order valence-electron chi connectivity index (χ3n) is 3.51. The minimum absolute atomic E-state index is 0.168. The molecule has 1 aromatic rings. The second kappa shape index (κ2) is 5.38. The minimum atomic E-state index is -1.12. The van der Waals surface area contributed by atoms with Crippen molar-refractivity contribution in [2.24, 2.45) is 5.92 Å². The smallest absolute Gasteiger partial charge is 0.314 e. The second-order valence-corrected chi connectivity index (χ2v) is 4.91. The van der Waals surface area contributed by atoms with Gasteiger partial charge in [-0.1, -0.05) is 27.2 Å². The Bertz CT molecular complexity index is 445. The lowest BCUT2D eigenvalue weighted by Gasteiger charge is -2.34. The van der Waals surface area contributed by atoms with E-state index in [1.165, 1.54) is 18.2 Å². The zero-order valence-corrected chi connectivity index (χ0v) is 11.0. The molecule has 0 aromatic heterocycles. The van der Waals surface area contributed by atoms with Crippen molar-refractivity contribution in [1.82, 2.24) is 0 Å². The van der Waals surface area contributed by atoms with Crippen LogP contribution in [0.25, 0.3) is 0 Å². The van der Waals surface area contributed by atoms with Crippen LogP contribution in [-0.2, 0) is 10.2 Å². The summed E-state index contributed by atoms with van der Waals surface area (Å²) < 4.78 is 13.4. The molecule has 0 aliphatic heterocycles. The molecule has 1 unspecified atom stereocenters. The Hall–Kier alpha value is -1.58. The predicted octanol–water partition coefficient (Wildman–Crippen LogP) is 3.19. The van der Waals surface area contributed by atoms with E-state index in [9.17, 15) is 14.3 Å². The molecule has 1 rings (SSSR count). The molecule has 0 saturated heterocycles. The predicted molar refractivity (Wildman–Crippen MR) is 69.9 cm³/mol. The lowest BCUT2D eigenvalue weighted by atomic mass is 9.68. The van der Waals surface area contributed by atoms with Crippen LogP contribution < -0.4 is 5.73 Å². The number of carboxylic acid groups (broad SMARTS) is 1. The Morgan fingerprint density at radius 1 is 1.50 bits per heavy atom. The van der Waals surface area contributed by atoms with E-state index in [1.54, 1.807) is 0 Å². The number of aliphatic carboxylic acids is 1. The average Bonchev–Trinajstić information content (AvgIpc) is 2.28. The van der Waals surface area contributed by atoms with Gasteiger partial charge in [-0.2, -0.15) is 0 Å². The summed E-state index contributed by atoms with van der Waals surface area (Å²) in [5.41, 5.74) is 5.44. The van der Waals surface area contributed by atoms with Crippen molar-refractivity contribution in [3.05, 3.63) is 29.6 Å². The standard InChI is InChI=1S/C14H20FNO2/c1-4-7-14(9(2)3,13(17)18)11-8-10(15)5-6-12(11)16/h5-6,8-9H,4,7,16H2,1-3H3,(H,17,18). The number of halogens is 1. The van der Waals surface area contributed by atoms with E-state index in [0.29, 0.717) is 24.1 Å². The molecule has 0 heterocycles. The van der Waals surface area contributed by atoms with Crippen LogP contribution in [0.4, 0.5) is 10.1 Å². The van der Waals surface area contributed by atoms with Gasteiger partial charge in [0.25, 0.3) is 0 Å². The quantitative estimate of drug-likeness (QED) is 0.792. The maximum atomic E-state index is 13.4. The molecule has 1 atom stereocenters. The molecule has 18 heavy (non-hydrogen) atoms. The zero-order chi connectivity index (χ0) is 13.9. The summed E-state index contributed by atoms with van der Waals surface area (Å²) in [5.74, 6) is -1.57. The number of nitrogens with two attached hydrogens (primary N) is 1. The van der Waals surface area contributed by atoms with E-state index in [0.717, 1.165) is 0 Å². The molecule has 3 N–H and O–H groups in total. The van der Waals surface area contributed by atoms with Crippen LogP contribution in [0.1, 0.15) is 39.2 Å². The first-order chi connectivity index (χ1) is 8.36. The molecular weight excluding hydrogens is 233 g/mol. The summed E-state index contributed by atoms with van der Waals surface area (Å²) in [6.45, 7) is 5.57. The first kappa shape index (κ1) is 14.5. The number of anilines is 1. The maximum Gasteiger partial charge on any atom is 0.314 e. The number of hydrogen-bond donors (Lipinski definition) is 2. The fourth-order valence-electron chi connectivity index (χ4n) is 2.51. The molecule has 0 amide bonds. The van der Waals surface area contributed by atoms with Gasteiger partial charge in [0.1, 0.15) is 5.82 Å². The lowest BCUT2D eigenvalue weighted by Crippen LogP contribution is -2.41. The van der Waals surface area contributed by atoms with Gasteiger partial charge in [-0.15, -0.1) is 0 Å². The molecule has 0 bridgehead atoms. The van der Waals surface area contributed by atoms with Crippen molar-refractivity contribution in [3.8, 4) is 0 Å². The molecule has 0 aliphatic rings. The Kier molecular flexibility index (Phi) is 4.33. The largest absolute Gasteiger partial charge is 0.481 e. The van der Waals surface area contributed by atoms with Crippen LogP contribution in [0, 0.1) is 11.7 Å². The number of carboxylic acids is 1. The summed E-state index contributed by atoms with van der Waals surface area (Å²) in [6.07, 6.45) is 1.13. The molecule has 0 radical (unpaired) electrons. The highest BCUT2D eigenvalue weighted by Crippen LogP contribution is 2.40. The van der Waals surface area contributed by atoms with Crippen molar-refractivity contribution < 1.29 is 14.3 Å². The third-order valence-corrected chi connectivity index (χ3v) is 3.51. The molecule has 4 heteroatoms. The van der Waals surface area contributed by atoms with Crippen LogP contribution in [0.2, 0.25) is 0 Å². The first-order valence-electron chi connectivity index (χ1n) is 6.15. The molecular formula is C14H20FNO2. The SMILES string of the molecule is CCCC(C(=O)O)(c1cc(F)ccc1N)C(C)C. The van der Waals surface area contributed by atoms with Gasteiger partial charge in [0, 0.05) is 5.69 Å². The van der Waals surface area contributed by atoms with Gasteiger partial charge in [-0.25, -0.2) is 4.39 Å². The van der Waals surface area contributed by atoms with Crippen LogP contribution in [0.5, 0.6) is 0 Å². The van der Waals surface area contributed by atoms with E-state index in [1.807, 2.05) is 20.8 Å². The summed E-state index contributed by atoms with van der Waals surface area (Å²) >= 11 is 0. The van der Waals surface area contributed by atoms with Gasteiger partial charge in [0.05, 0.1) is 5.41 Å². The molecule has 3 nitrogen and oxygen atoms in total. The molecule has 1 aromatic carbocycles. The summed E-state index contributed by atoms with van der Waals surface area (Å²) in [6, 6.07) is 3.93. The van der Waals surface area contributed by atoms with Crippen molar-refractivity contribution in [2.45, 2.75) is 39.0 Å². The highest BCUT2D eigenvalue weighted by atomic mass is 19.1. The van der Waals surface area contributed by atoms with E-state index >= 15 is 0 Å². The summed E-state index contributed by atoms with van der Waals surface area (Å²) in [5, 5.41) is 9.62. The highest BCUT2D eigenvalue weighted by Gasteiger charge is 2.44. The first-order valence-corrected chi connectivity index (χ1v) is 6.15. The third kappa shape index (κ3) is 2.33.